The van der Waals surface area contributed by atoms with Crippen LogP contribution < -0.4 is 0 Å². The van der Waals surface area contributed by atoms with E-state index in [1.807, 2.05) is 0 Å². The Morgan fingerprint density at radius 2 is 2.29 bits per heavy atom. The second kappa shape index (κ2) is 2.66. The van der Waals surface area contributed by atoms with Crippen molar-refractivity contribution in [3.8, 4) is 0 Å². The first kappa shape index (κ1) is 8.42. The van der Waals surface area contributed by atoms with Crippen molar-refractivity contribution in [1.29, 1.82) is 0 Å². The molecular formula is C7H6N4O3. The molecule has 7 nitrogen and oxygen atoms in total. The second-order valence-electron chi connectivity index (χ2n) is 2.81. The fraction of sp³-hybridized carbons (Fsp3) is 0.143. The number of hydrogen-bond acceptors (Lipinski definition) is 5. The number of benzene rings is 1. The van der Waals surface area contributed by atoms with E-state index in [1.54, 1.807) is 0 Å². The number of rotatable bonds is 1. The van der Waals surface area contributed by atoms with E-state index in [0.717, 1.165) is 0 Å². The Labute approximate surface area is 77.7 Å². The van der Waals surface area contributed by atoms with E-state index in [0.29, 0.717) is 15.9 Å². The summed E-state index contributed by atoms with van der Waals surface area (Å²) in [6, 6.07) is 2.78. The molecule has 0 unspecified atom stereocenters. The summed E-state index contributed by atoms with van der Waals surface area (Å²) in [5, 5.41) is 26.8. The largest absolute Gasteiger partial charge is 0.410 e. The molecule has 0 fully saturated rings. The Morgan fingerprint density at radius 3 is 2.93 bits per heavy atom. The van der Waals surface area contributed by atoms with Crippen molar-refractivity contribution in [2.24, 2.45) is 0 Å². The third-order valence-electron chi connectivity index (χ3n) is 2.01. The number of aryl methyl sites for hydroxylation is 1. The van der Waals surface area contributed by atoms with Crippen LogP contribution >= 0.6 is 0 Å². The van der Waals surface area contributed by atoms with Gasteiger partial charge in [0, 0.05) is 6.07 Å². The van der Waals surface area contributed by atoms with E-state index in [-0.39, 0.29) is 11.2 Å². The molecule has 0 aliphatic heterocycles. The fourth-order valence-corrected chi connectivity index (χ4v) is 1.34. The zero-order valence-corrected chi connectivity index (χ0v) is 7.21. The molecule has 2 aromatic rings. The smallest absolute Gasteiger partial charge is 0.274 e. The lowest BCUT2D eigenvalue weighted by molar-refractivity contribution is -0.385. The quantitative estimate of drug-likeness (QED) is 0.413. The number of fused-ring (bicyclic) bond motifs is 1. The molecule has 0 aliphatic carbocycles. The summed E-state index contributed by atoms with van der Waals surface area (Å²) in [5.74, 6) is 0. The Kier molecular flexibility index (Phi) is 1.60. The minimum atomic E-state index is -0.512. The van der Waals surface area contributed by atoms with Crippen molar-refractivity contribution in [3.63, 3.8) is 0 Å². The molecule has 14 heavy (non-hydrogen) atoms. The SMILES string of the molecule is Cc1c([N+](=O)[O-])ccc2nnn(O)c12. The summed E-state index contributed by atoms with van der Waals surface area (Å²) in [7, 11) is 0. The first-order valence-corrected chi connectivity index (χ1v) is 3.80. The average molecular weight is 194 g/mol. The van der Waals surface area contributed by atoms with Crippen molar-refractivity contribution >= 4 is 16.7 Å². The minimum absolute atomic E-state index is 0.0601. The lowest BCUT2D eigenvalue weighted by Gasteiger charge is -1.97. The Morgan fingerprint density at radius 1 is 1.57 bits per heavy atom. The van der Waals surface area contributed by atoms with Crippen LogP contribution in [-0.2, 0) is 0 Å². The topological polar surface area (TPSA) is 94.1 Å². The van der Waals surface area contributed by atoms with Crippen LogP contribution in [0.15, 0.2) is 12.1 Å². The van der Waals surface area contributed by atoms with E-state index in [2.05, 4.69) is 10.3 Å². The van der Waals surface area contributed by atoms with E-state index in [9.17, 15) is 15.3 Å². The predicted octanol–water partition coefficient (Wildman–Crippen LogP) is 0.885. The van der Waals surface area contributed by atoms with Gasteiger partial charge in [0.25, 0.3) is 5.69 Å². The van der Waals surface area contributed by atoms with Crippen LogP contribution in [0.25, 0.3) is 11.0 Å². The van der Waals surface area contributed by atoms with Crippen LogP contribution in [0.5, 0.6) is 0 Å². The number of nitrogens with zero attached hydrogens (tertiary/aromatic N) is 4. The summed E-state index contributed by atoms with van der Waals surface area (Å²) < 4.78 is 0. The van der Waals surface area contributed by atoms with Crippen molar-refractivity contribution in [1.82, 2.24) is 15.2 Å². The van der Waals surface area contributed by atoms with Crippen molar-refractivity contribution in [3.05, 3.63) is 27.8 Å². The highest BCUT2D eigenvalue weighted by Gasteiger charge is 2.17. The number of hydrogen-bond donors (Lipinski definition) is 1. The maximum Gasteiger partial charge on any atom is 0.274 e. The molecule has 0 bridgehead atoms. The van der Waals surface area contributed by atoms with Crippen molar-refractivity contribution < 1.29 is 10.1 Å². The van der Waals surface area contributed by atoms with Crippen LogP contribution in [0.2, 0.25) is 0 Å². The summed E-state index contributed by atoms with van der Waals surface area (Å²) >= 11 is 0. The van der Waals surface area contributed by atoms with E-state index < -0.39 is 4.92 Å². The zero-order chi connectivity index (χ0) is 10.3. The highest BCUT2D eigenvalue weighted by Crippen LogP contribution is 2.24. The van der Waals surface area contributed by atoms with Crippen molar-refractivity contribution in [2.75, 3.05) is 0 Å². The number of nitro benzene ring substituents is 1. The third kappa shape index (κ3) is 0.987. The van der Waals surface area contributed by atoms with Gasteiger partial charge in [0.15, 0.2) is 0 Å². The van der Waals surface area contributed by atoms with Gasteiger partial charge in [0.2, 0.25) is 0 Å². The Bertz CT molecular complexity index is 519. The summed E-state index contributed by atoms with van der Waals surface area (Å²) in [6.45, 7) is 1.54. The molecule has 0 atom stereocenters. The van der Waals surface area contributed by atoms with Gasteiger partial charge >= 0.3 is 0 Å². The lowest BCUT2D eigenvalue weighted by Crippen LogP contribution is -1.97. The molecule has 72 valence electrons. The Hall–Kier alpha value is -2.18. The number of aromatic nitrogens is 3. The minimum Gasteiger partial charge on any atom is -0.410 e. The van der Waals surface area contributed by atoms with E-state index >= 15 is 0 Å². The molecule has 1 heterocycles. The van der Waals surface area contributed by atoms with Gasteiger partial charge in [-0.05, 0) is 18.2 Å². The standard InChI is InChI=1S/C7H6N4O3/c1-4-6(11(13)14)3-2-5-7(4)10(12)9-8-5/h2-3,12H,1H3. The molecule has 0 spiro atoms. The maximum absolute atomic E-state index is 10.6. The van der Waals surface area contributed by atoms with Crippen LogP contribution in [0.1, 0.15) is 5.56 Å². The van der Waals surface area contributed by atoms with E-state index in [4.69, 9.17) is 0 Å². The average Bonchev–Trinajstić information content (AvgIpc) is 2.48. The first-order chi connectivity index (χ1) is 6.61. The molecule has 1 N–H and O–H groups in total. The van der Waals surface area contributed by atoms with Crippen LogP contribution in [0, 0.1) is 17.0 Å². The van der Waals surface area contributed by atoms with E-state index in [1.165, 1.54) is 19.1 Å². The zero-order valence-electron chi connectivity index (χ0n) is 7.21. The van der Waals surface area contributed by atoms with Gasteiger partial charge in [-0.25, -0.2) is 0 Å². The summed E-state index contributed by atoms with van der Waals surface area (Å²) in [5.41, 5.74) is 0.977. The van der Waals surface area contributed by atoms with Gasteiger partial charge in [-0.2, -0.15) is 0 Å². The molecule has 0 saturated carbocycles. The molecule has 7 heteroatoms. The second-order valence-corrected chi connectivity index (χ2v) is 2.81. The molecule has 0 aliphatic rings. The molecule has 0 amide bonds. The fourth-order valence-electron chi connectivity index (χ4n) is 1.34. The highest BCUT2D eigenvalue weighted by atomic mass is 16.6. The van der Waals surface area contributed by atoms with Gasteiger partial charge in [0.1, 0.15) is 11.0 Å². The van der Waals surface area contributed by atoms with Gasteiger partial charge in [0.05, 0.1) is 10.5 Å². The molecule has 2 rings (SSSR count). The van der Waals surface area contributed by atoms with Crippen LogP contribution in [0.3, 0.4) is 0 Å². The normalized spacial score (nSPS) is 10.6. The molecule has 0 saturated heterocycles. The molecular weight excluding hydrogens is 188 g/mol. The van der Waals surface area contributed by atoms with Crippen LogP contribution in [0.4, 0.5) is 5.69 Å². The first-order valence-electron chi connectivity index (χ1n) is 3.80. The lowest BCUT2D eigenvalue weighted by atomic mass is 10.1. The van der Waals surface area contributed by atoms with Crippen LogP contribution in [-0.4, -0.2) is 25.3 Å². The number of nitro groups is 1. The maximum atomic E-state index is 10.6. The van der Waals surface area contributed by atoms with Gasteiger partial charge in [-0.3, -0.25) is 10.1 Å². The predicted molar refractivity (Wildman–Crippen MR) is 46.1 cm³/mol. The van der Waals surface area contributed by atoms with Gasteiger partial charge in [-0.15, -0.1) is 5.10 Å². The summed E-state index contributed by atoms with van der Waals surface area (Å²) in [4.78, 5) is 10.6. The van der Waals surface area contributed by atoms with Gasteiger partial charge < -0.3 is 5.21 Å². The monoisotopic (exact) mass is 194 g/mol. The molecule has 1 aromatic heterocycles. The van der Waals surface area contributed by atoms with Crippen molar-refractivity contribution in [2.45, 2.75) is 6.92 Å². The highest BCUT2D eigenvalue weighted by molar-refractivity contribution is 5.81. The Balaban J connectivity index is 2.86. The molecule has 1 aromatic carbocycles. The molecule has 0 radical (unpaired) electrons. The third-order valence-corrected chi connectivity index (χ3v) is 2.01. The van der Waals surface area contributed by atoms with Gasteiger partial charge in [-0.1, -0.05) is 4.85 Å². The summed E-state index contributed by atoms with van der Waals surface area (Å²) in [6.07, 6.45) is 0.